The van der Waals surface area contributed by atoms with Crippen LogP contribution in [0, 0.1) is 12.3 Å². The van der Waals surface area contributed by atoms with Crippen molar-refractivity contribution in [1.29, 1.82) is 0 Å². The van der Waals surface area contributed by atoms with Crippen LogP contribution in [-0.4, -0.2) is 55.5 Å². The lowest BCUT2D eigenvalue weighted by atomic mass is 9.68. The summed E-state index contributed by atoms with van der Waals surface area (Å²) in [5.74, 6) is 3.14. The summed E-state index contributed by atoms with van der Waals surface area (Å²) >= 11 is 0. The van der Waals surface area contributed by atoms with Crippen LogP contribution in [0.15, 0.2) is 21.5 Å². The summed E-state index contributed by atoms with van der Waals surface area (Å²) in [7, 11) is 1.91. The van der Waals surface area contributed by atoms with Crippen molar-refractivity contribution in [1.82, 2.24) is 15.1 Å². The van der Waals surface area contributed by atoms with Crippen LogP contribution in [0.1, 0.15) is 56.1 Å². The molecule has 0 amide bonds. The molecule has 1 spiro atoms. The number of aliphatic imine (C=N–C) groups is 1. The molecule has 2 saturated heterocycles. The smallest absolute Gasteiger partial charge is 0.193 e. The first-order valence-corrected chi connectivity index (χ1v) is 9.95. The van der Waals surface area contributed by atoms with Gasteiger partial charge in [-0.05, 0) is 69.7 Å². The van der Waals surface area contributed by atoms with Gasteiger partial charge in [0.15, 0.2) is 5.96 Å². The molecule has 5 heteroatoms. The fourth-order valence-electron chi connectivity index (χ4n) is 4.82. The van der Waals surface area contributed by atoms with Gasteiger partial charge in [-0.25, -0.2) is 0 Å². The average molecular weight is 345 g/mol. The minimum absolute atomic E-state index is 0.299. The second kappa shape index (κ2) is 7.02. The molecule has 1 unspecified atom stereocenters. The molecular weight excluding hydrogens is 312 g/mol. The first kappa shape index (κ1) is 17.0. The lowest BCUT2D eigenvalue weighted by Crippen LogP contribution is -2.45. The Bertz CT molecular complexity index is 613. The first-order chi connectivity index (χ1) is 12.2. The molecule has 3 aliphatic rings. The number of nitrogens with zero attached hydrogens (tertiary/aromatic N) is 3. The molecule has 2 aliphatic heterocycles. The van der Waals surface area contributed by atoms with Crippen molar-refractivity contribution >= 4 is 5.96 Å². The molecule has 1 aromatic heterocycles. The predicted octanol–water partition coefficient (Wildman–Crippen LogP) is 3.18. The van der Waals surface area contributed by atoms with Crippen LogP contribution in [0.3, 0.4) is 0 Å². The Morgan fingerprint density at radius 2 is 2.00 bits per heavy atom. The van der Waals surface area contributed by atoms with E-state index >= 15 is 0 Å². The minimum Gasteiger partial charge on any atom is -0.465 e. The molecule has 5 nitrogen and oxygen atoms in total. The highest BCUT2D eigenvalue weighted by molar-refractivity contribution is 5.80. The Morgan fingerprint density at radius 1 is 1.20 bits per heavy atom. The van der Waals surface area contributed by atoms with Gasteiger partial charge in [0, 0.05) is 26.7 Å². The zero-order valence-electron chi connectivity index (χ0n) is 15.8. The monoisotopic (exact) mass is 344 g/mol. The van der Waals surface area contributed by atoms with Gasteiger partial charge in [0.25, 0.3) is 0 Å². The van der Waals surface area contributed by atoms with Gasteiger partial charge >= 0.3 is 0 Å². The van der Waals surface area contributed by atoms with Crippen LogP contribution < -0.4 is 5.32 Å². The quantitative estimate of drug-likeness (QED) is 0.673. The summed E-state index contributed by atoms with van der Waals surface area (Å²) in [6, 6.07) is 4.52. The normalized spacial score (nSPS) is 24.7. The molecule has 3 heterocycles. The topological polar surface area (TPSA) is 44.0 Å². The number of likely N-dealkylation sites (tertiary alicyclic amines) is 2. The number of nitrogens with one attached hydrogen (secondary N) is 1. The van der Waals surface area contributed by atoms with E-state index in [4.69, 9.17) is 4.42 Å². The number of guanidine groups is 1. The van der Waals surface area contributed by atoms with Gasteiger partial charge in [-0.2, -0.15) is 0 Å². The average Bonchev–Trinajstić information content (AvgIpc) is 3.31. The fraction of sp³-hybridized carbons (Fsp3) is 0.750. The van der Waals surface area contributed by atoms with Crippen molar-refractivity contribution in [3.8, 4) is 0 Å². The van der Waals surface area contributed by atoms with E-state index in [-0.39, 0.29) is 0 Å². The van der Waals surface area contributed by atoms with Crippen LogP contribution in [0.2, 0.25) is 0 Å². The standard InChI is InChI=1S/C20H32N4O/c1-16-6-7-18(25-16)17(23-11-3-4-12-23)14-22-19(21-2)24-13-10-20(15-24)8-5-9-20/h6-7,17H,3-5,8-15H2,1-2H3,(H,21,22). The van der Waals surface area contributed by atoms with Gasteiger partial charge < -0.3 is 14.6 Å². The van der Waals surface area contributed by atoms with E-state index in [9.17, 15) is 0 Å². The van der Waals surface area contributed by atoms with Crippen LogP contribution in [0.4, 0.5) is 0 Å². The maximum Gasteiger partial charge on any atom is 0.193 e. The molecule has 0 radical (unpaired) electrons. The molecule has 138 valence electrons. The van der Waals surface area contributed by atoms with E-state index in [1.54, 1.807) is 0 Å². The van der Waals surface area contributed by atoms with Crippen LogP contribution in [0.5, 0.6) is 0 Å². The van der Waals surface area contributed by atoms with Gasteiger partial charge in [0.05, 0.1) is 6.04 Å². The van der Waals surface area contributed by atoms with Gasteiger partial charge in [-0.15, -0.1) is 0 Å². The summed E-state index contributed by atoms with van der Waals surface area (Å²) in [5.41, 5.74) is 0.601. The maximum atomic E-state index is 5.97. The van der Waals surface area contributed by atoms with Crippen molar-refractivity contribution in [3.05, 3.63) is 23.7 Å². The first-order valence-electron chi connectivity index (χ1n) is 9.95. The number of rotatable bonds is 4. The van der Waals surface area contributed by atoms with Gasteiger partial charge in [-0.1, -0.05) is 6.42 Å². The molecule has 25 heavy (non-hydrogen) atoms. The largest absolute Gasteiger partial charge is 0.465 e. The third kappa shape index (κ3) is 3.43. The molecule has 1 atom stereocenters. The summed E-state index contributed by atoms with van der Waals surface area (Å²) in [6.45, 7) is 7.55. The molecule has 4 rings (SSSR count). The third-order valence-corrected chi connectivity index (χ3v) is 6.49. The van der Waals surface area contributed by atoms with E-state index in [0.29, 0.717) is 11.5 Å². The zero-order valence-corrected chi connectivity index (χ0v) is 15.8. The van der Waals surface area contributed by atoms with Crippen LogP contribution >= 0.6 is 0 Å². The van der Waals surface area contributed by atoms with Crippen molar-refractivity contribution in [2.75, 3.05) is 39.8 Å². The van der Waals surface area contributed by atoms with E-state index in [2.05, 4.69) is 32.2 Å². The number of hydrogen-bond donors (Lipinski definition) is 1. The highest BCUT2D eigenvalue weighted by atomic mass is 16.3. The molecule has 1 aromatic rings. The van der Waals surface area contributed by atoms with Crippen molar-refractivity contribution in [2.45, 2.75) is 51.5 Å². The summed E-state index contributed by atoms with van der Waals surface area (Å²) < 4.78 is 5.97. The van der Waals surface area contributed by atoms with Crippen molar-refractivity contribution in [2.24, 2.45) is 10.4 Å². The van der Waals surface area contributed by atoms with Crippen molar-refractivity contribution < 1.29 is 4.42 Å². The predicted molar refractivity (Wildman–Crippen MR) is 101 cm³/mol. The van der Waals surface area contributed by atoms with Gasteiger partial charge in [-0.3, -0.25) is 9.89 Å². The van der Waals surface area contributed by atoms with Crippen molar-refractivity contribution in [3.63, 3.8) is 0 Å². The molecule has 3 fully saturated rings. The molecule has 1 aliphatic carbocycles. The van der Waals surface area contributed by atoms with E-state index in [1.807, 2.05) is 14.0 Å². The van der Waals surface area contributed by atoms with Gasteiger partial charge in [0.1, 0.15) is 11.5 Å². The fourth-order valence-corrected chi connectivity index (χ4v) is 4.82. The second-order valence-electron chi connectivity index (χ2n) is 8.16. The maximum absolute atomic E-state index is 5.97. The number of hydrogen-bond acceptors (Lipinski definition) is 3. The third-order valence-electron chi connectivity index (χ3n) is 6.49. The Hall–Kier alpha value is -1.49. The molecule has 0 aromatic carbocycles. The molecule has 0 bridgehead atoms. The molecule has 1 N–H and O–H groups in total. The zero-order chi connectivity index (χ0) is 17.3. The van der Waals surface area contributed by atoms with E-state index < -0.39 is 0 Å². The highest BCUT2D eigenvalue weighted by Gasteiger charge is 2.43. The minimum atomic E-state index is 0.299. The Balaban J connectivity index is 1.41. The molecule has 1 saturated carbocycles. The van der Waals surface area contributed by atoms with Gasteiger partial charge in [0.2, 0.25) is 0 Å². The van der Waals surface area contributed by atoms with Crippen LogP contribution in [0.25, 0.3) is 0 Å². The lowest BCUT2D eigenvalue weighted by molar-refractivity contribution is 0.151. The highest BCUT2D eigenvalue weighted by Crippen LogP contribution is 2.47. The Kier molecular flexibility index (Phi) is 4.76. The van der Waals surface area contributed by atoms with E-state index in [0.717, 1.165) is 43.7 Å². The SMILES string of the molecule is CN=C(NCC(c1ccc(C)o1)N1CCCC1)N1CCC2(CCC2)C1. The molecular formula is C20H32N4O. The van der Waals surface area contributed by atoms with Crippen LogP contribution in [-0.2, 0) is 0 Å². The lowest BCUT2D eigenvalue weighted by Gasteiger charge is -2.38. The number of aryl methyl sites for hydroxylation is 1. The van der Waals surface area contributed by atoms with E-state index in [1.165, 1.54) is 45.1 Å². The Morgan fingerprint density at radius 3 is 2.56 bits per heavy atom. The summed E-state index contributed by atoms with van der Waals surface area (Å²) in [4.78, 5) is 9.59. The second-order valence-corrected chi connectivity index (χ2v) is 8.16. The summed E-state index contributed by atoms with van der Waals surface area (Å²) in [5, 5.41) is 3.66. The Labute approximate surface area is 151 Å². The summed E-state index contributed by atoms with van der Waals surface area (Å²) in [6.07, 6.45) is 8.14. The number of furan rings is 1.